The predicted octanol–water partition coefficient (Wildman–Crippen LogP) is 8.52. The number of para-hydroxylation sites is 3. The van der Waals surface area contributed by atoms with E-state index in [0.29, 0.717) is 0 Å². The zero-order chi connectivity index (χ0) is 23.2. The first kappa shape index (κ1) is 20.1. The van der Waals surface area contributed by atoms with Gasteiger partial charge in [0.2, 0.25) is 0 Å². The lowest BCUT2D eigenvalue weighted by molar-refractivity contribution is 0.993. The Morgan fingerprint density at radius 3 is 2.14 bits per heavy atom. The summed E-state index contributed by atoms with van der Waals surface area (Å²) in [4.78, 5) is 2.42. The molecule has 0 radical (unpaired) electrons. The van der Waals surface area contributed by atoms with Crippen LogP contribution in [0.4, 0.5) is 17.1 Å². The van der Waals surface area contributed by atoms with E-state index in [4.69, 9.17) is 0 Å². The third kappa shape index (κ3) is 3.25. The molecule has 0 bridgehead atoms. The van der Waals surface area contributed by atoms with Crippen LogP contribution in [-0.4, -0.2) is 4.57 Å². The Morgan fingerprint density at radius 2 is 1.31 bits per heavy atom. The molecule has 168 valence electrons. The maximum absolute atomic E-state index is 2.45. The van der Waals surface area contributed by atoms with E-state index >= 15 is 0 Å². The standard InChI is InChI=1S/C33H26N2/c1-2-4-20-32-28(16-3-1)29-17-7-10-21-33(29)35(32)27-15-11-14-26(23-27)34-30-18-8-5-12-24(30)22-25-13-6-9-19-31(25)34/h2-19,21,23H,1,20,22H2/b4-2?,16-3-. The molecule has 1 aromatic heterocycles. The van der Waals surface area contributed by atoms with Gasteiger partial charge in [-0.25, -0.2) is 0 Å². The van der Waals surface area contributed by atoms with Gasteiger partial charge in [0.25, 0.3) is 0 Å². The third-order valence-electron chi connectivity index (χ3n) is 7.24. The second-order valence-corrected chi connectivity index (χ2v) is 9.32. The number of hydrogen-bond donors (Lipinski definition) is 0. The molecular formula is C33H26N2. The van der Waals surface area contributed by atoms with E-state index in [2.05, 4.69) is 131 Å². The number of allylic oxidation sites excluding steroid dienone is 3. The van der Waals surface area contributed by atoms with Crippen molar-refractivity contribution >= 4 is 34.0 Å². The molecule has 0 amide bonds. The van der Waals surface area contributed by atoms with Gasteiger partial charge in [-0.1, -0.05) is 85.0 Å². The van der Waals surface area contributed by atoms with Crippen molar-refractivity contribution in [3.8, 4) is 5.69 Å². The molecule has 2 aliphatic rings. The monoisotopic (exact) mass is 450 g/mol. The highest BCUT2D eigenvalue weighted by molar-refractivity contribution is 5.93. The van der Waals surface area contributed by atoms with Crippen LogP contribution >= 0.6 is 0 Å². The van der Waals surface area contributed by atoms with Gasteiger partial charge in [-0.3, -0.25) is 0 Å². The Kier molecular flexibility index (Phi) is 4.70. The number of fused-ring (bicyclic) bond motifs is 5. The summed E-state index contributed by atoms with van der Waals surface area (Å²) in [6.45, 7) is 0. The van der Waals surface area contributed by atoms with Crippen LogP contribution in [-0.2, 0) is 12.8 Å². The highest BCUT2D eigenvalue weighted by Crippen LogP contribution is 2.44. The lowest BCUT2D eigenvalue weighted by Crippen LogP contribution is -2.18. The molecule has 0 atom stereocenters. The summed E-state index contributed by atoms with van der Waals surface area (Å²) in [5.41, 5.74) is 11.6. The maximum Gasteiger partial charge on any atom is 0.0537 e. The topological polar surface area (TPSA) is 8.17 Å². The Morgan fingerprint density at radius 1 is 0.600 bits per heavy atom. The van der Waals surface area contributed by atoms with Gasteiger partial charge in [0.15, 0.2) is 0 Å². The molecule has 0 saturated carbocycles. The normalized spacial score (nSPS) is 15.1. The molecule has 0 unspecified atom stereocenters. The van der Waals surface area contributed by atoms with Crippen molar-refractivity contribution in [3.63, 3.8) is 0 Å². The molecule has 7 rings (SSSR count). The largest absolute Gasteiger partial charge is 0.313 e. The van der Waals surface area contributed by atoms with Gasteiger partial charge in [0.1, 0.15) is 0 Å². The number of aromatic nitrogens is 1. The van der Waals surface area contributed by atoms with E-state index in [1.807, 2.05) is 0 Å². The number of benzene rings is 4. The molecule has 0 spiro atoms. The number of rotatable bonds is 2. The zero-order valence-electron chi connectivity index (χ0n) is 19.6. The quantitative estimate of drug-likeness (QED) is 0.240. The Balaban J connectivity index is 1.45. The lowest BCUT2D eigenvalue weighted by atomic mass is 9.95. The average Bonchev–Trinajstić information content (AvgIpc) is 3.19. The van der Waals surface area contributed by atoms with Crippen LogP contribution < -0.4 is 4.90 Å². The minimum absolute atomic E-state index is 0.925. The lowest BCUT2D eigenvalue weighted by Gasteiger charge is -2.33. The van der Waals surface area contributed by atoms with E-state index < -0.39 is 0 Å². The van der Waals surface area contributed by atoms with E-state index in [0.717, 1.165) is 19.3 Å². The Labute approximate surface area is 206 Å². The van der Waals surface area contributed by atoms with Gasteiger partial charge >= 0.3 is 0 Å². The fourth-order valence-electron chi connectivity index (χ4n) is 5.70. The van der Waals surface area contributed by atoms with Crippen LogP contribution in [0.2, 0.25) is 0 Å². The van der Waals surface area contributed by atoms with Crippen molar-refractivity contribution < 1.29 is 0 Å². The summed E-state index contributed by atoms with van der Waals surface area (Å²) in [5, 5.41) is 1.31. The van der Waals surface area contributed by atoms with Crippen molar-refractivity contribution in [2.75, 3.05) is 4.90 Å². The van der Waals surface area contributed by atoms with Crippen molar-refractivity contribution in [3.05, 3.63) is 138 Å². The molecule has 0 saturated heterocycles. The van der Waals surface area contributed by atoms with Crippen LogP contribution in [0.25, 0.3) is 22.7 Å². The van der Waals surface area contributed by atoms with Gasteiger partial charge in [-0.15, -0.1) is 0 Å². The molecule has 0 N–H and O–H groups in total. The first-order valence-electron chi connectivity index (χ1n) is 12.4. The van der Waals surface area contributed by atoms with Crippen LogP contribution in [0, 0.1) is 0 Å². The van der Waals surface area contributed by atoms with E-state index in [-0.39, 0.29) is 0 Å². The molecule has 4 aromatic carbocycles. The molecule has 1 aliphatic carbocycles. The average molecular weight is 451 g/mol. The van der Waals surface area contributed by atoms with Gasteiger partial charge in [-0.2, -0.15) is 0 Å². The summed E-state index contributed by atoms with van der Waals surface area (Å²) in [6.07, 6.45) is 12.0. The third-order valence-corrected chi connectivity index (χ3v) is 7.24. The molecule has 5 aromatic rings. The van der Waals surface area contributed by atoms with Crippen LogP contribution in [0.3, 0.4) is 0 Å². The van der Waals surface area contributed by atoms with Crippen molar-refractivity contribution in [1.82, 2.24) is 4.57 Å². The van der Waals surface area contributed by atoms with E-state index in [1.54, 1.807) is 0 Å². The highest BCUT2D eigenvalue weighted by atomic mass is 15.2. The summed E-state index contributed by atoms with van der Waals surface area (Å²) in [5.74, 6) is 0. The molecular weight excluding hydrogens is 424 g/mol. The van der Waals surface area contributed by atoms with Crippen LogP contribution in [0.5, 0.6) is 0 Å². The minimum Gasteiger partial charge on any atom is -0.313 e. The summed E-state index contributed by atoms with van der Waals surface area (Å²) in [6, 6.07) is 35.4. The Bertz CT molecular complexity index is 1590. The van der Waals surface area contributed by atoms with Crippen LogP contribution in [0.1, 0.15) is 28.8 Å². The molecule has 0 fully saturated rings. The molecule has 2 heteroatoms. The zero-order valence-corrected chi connectivity index (χ0v) is 19.6. The van der Waals surface area contributed by atoms with E-state index in [9.17, 15) is 0 Å². The minimum atomic E-state index is 0.925. The fraction of sp³-hybridized carbons (Fsp3) is 0.0909. The van der Waals surface area contributed by atoms with Crippen molar-refractivity contribution in [2.45, 2.75) is 19.3 Å². The SMILES string of the molecule is C1=CCc2c(c3ccccc3n2-c2cccc(N3c4ccccc4Cc4ccccc43)c2)/C=C\C1. The van der Waals surface area contributed by atoms with Gasteiger partial charge < -0.3 is 9.47 Å². The van der Waals surface area contributed by atoms with Gasteiger partial charge in [-0.05, 0) is 53.9 Å². The first-order chi connectivity index (χ1) is 17.4. The van der Waals surface area contributed by atoms with Gasteiger partial charge in [0, 0.05) is 52.2 Å². The fourth-order valence-corrected chi connectivity index (χ4v) is 5.70. The number of anilines is 3. The smallest absolute Gasteiger partial charge is 0.0537 e. The first-order valence-corrected chi connectivity index (χ1v) is 12.4. The van der Waals surface area contributed by atoms with Gasteiger partial charge in [0.05, 0.1) is 5.52 Å². The summed E-state index contributed by atoms with van der Waals surface area (Å²) in [7, 11) is 0. The second kappa shape index (κ2) is 8.18. The molecule has 1 aliphatic heterocycles. The second-order valence-electron chi connectivity index (χ2n) is 9.32. The van der Waals surface area contributed by atoms with Crippen molar-refractivity contribution in [1.29, 1.82) is 0 Å². The van der Waals surface area contributed by atoms with Crippen molar-refractivity contribution in [2.24, 2.45) is 0 Å². The van der Waals surface area contributed by atoms with E-state index in [1.165, 1.54) is 56.0 Å². The van der Waals surface area contributed by atoms with Crippen LogP contribution in [0.15, 0.2) is 115 Å². The number of hydrogen-bond acceptors (Lipinski definition) is 1. The molecule has 2 nitrogen and oxygen atoms in total. The predicted molar refractivity (Wildman–Crippen MR) is 147 cm³/mol. The maximum atomic E-state index is 2.45. The highest BCUT2D eigenvalue weighted by Gasteiger charge is 2.24. The Hall–Kier alpha value is -4.30. The molecule has 2 heterocycles. The summed E-state index contributed by atoms with van der Waals surface area (Å²) < 4.78 is 2.45. The number of nitrogens with zero attached hydrogens (tertiary/aromatic N) is 2. The summed E-state index contributed by atoms with van der Waals surface area (Å²) >= 11 is 0. The molecule has 35 heavy (non-hydrogen) atoms.